The minimum Gasteiger partial charge on any atom is -0.486 e. The van der Waals surface area contributed by atoms with Crippen molar-refractivity contribution in [3.8, 4) is 11.5 Å². The van der Waals surface area contributed by atoms with Crippen LogP contribution in [0.2, 0.25) is 0 Å². The third kappa shape index (κ3) is 4.41. The maximum atomic E-state index is 12.2. The summed E-state index contributed by atoms with van der Waals surface area (Å²) in [5.74, 6) is 1.20. The Morgan fingerprint density at radius 1 is 1.04 bits per heavy atom. The van der Waals surface area contributed by atoms with Crippen molar-refractivity contribution in [2.75, 3.05) is 13.2 Å². The summed E-state index contributed by atoms with van der Waals surface area (Å²) in [5.41, 5.74) is 6.41. The number of carbonyl (C=O) groups excluding carboxylic acids is 2. The van der Waals surface area contributed by atoms with Gasteiger partial charge >= 0.3 is 6.03 Å². The number of nitrogens with one attached hydrogen (secondary N) is 2. The van der Waals surface area contributed by atoms with E-state index in [9.17, 15) is 9.59 Å². The van der Waals surface area contributed by atoms with E-state index in [0.717, 1.165) is 5.56 Å². The average molecular weight is 341 g/mol. The molecule has 0 spiro atoms. The molecule has 0 aromatic heterocycles. The van der Waals surface area contributed by atoms with E-state index in [1.807, 2.05) is 24.3 Å². The molecule has 1 heterocycles. The zero-order valence-electron chi connectivity index (χ0n) is 13.5. The van der Waals surface area contributed by atoms with Gasteiger partial charge in [-0.2, -0.15) is 0 Å². The SMILES string of the molecule is NC(=O)NCc1ccc(C(=O)NC[C@H]2COc3ccccc3O2)cc1. The topological polar surface area (TPSA) is 103 Å². The highest BCUT2D eigenvalue weighted by Gasteiger charge is 2.21. The fourth-order valence-electron chi connectivity index (χ4n) is 2.44. The number of carbonyl (C=O) groups is 2. The number of para-hydroxylation sites is 2. The minimum atomic E-state index is -0.585. The number of benzene rings is 2. The molecule has 0 fully saturated rings. The number of primary amides is 1. The zero-order valence-corrected chi connectivity index (χ0v) is 13.5. The first kappa shape index (κ1) is 16.6. The van der Waals surface area contributed by atoms with Crippen molar-refractivity contribution < 1.29 is 19.1 Å². The van der Waals surface area contributed by atoms with Crippen LogP contribution >= 0.6 is 0 Å². The molecule has 7 heteroatoms. The molecule has 7 nitrogen and oxygen atoms in total. The summed E-state index contributed by atoms with van der Waals surface area (Å²) in [5, 5.41) is 5.33. The second-order valence-electron chi connectivity index (χ2n) is 5.62. The molecule has 0 radical (unpaired) electrons. The second kappa shape index (κ2) is 7.57. The largest absolute Gasteiger partial charge is 0.486 e. The van der Waals surface area contributed by atoms with Gasteiger partial charge in [0.25, 0.3) is 5.91 Å². The Morgan fingerprint density at radius 3 is 2.48 bits per heavy atom. The molecule has 0 saturated heterocycles. The molecule has 1 aliphatic rings. The van der Waals surface area contributed by atoms with Gasteiger partial charge in [0.2, 0.25) is 0 Å². The molecule has 2 aromatic carbocycles. The molecule has 0 bridgehead atoms. The van der Waals surface area contributed by atoms with E-state index in [4.69, 9.17) is 15.2 Å². The number of amides is 3. The quantitative estimate of drug-likeness (QED) is 0.765. The van der Waals surface area contributed by atoms with Crippen LogP contribution in [0, 0.1) is 0 Å². The van der Waals surface area contributed by atoms with Gasteiger partial charge in [0.05, 0.1) is 6.54 Å². The van der Waals surface area contributed by atoms with Crippen LogP contribution in [0.5, 0.6) is 11.5 Å². The highest BCUT2D eigenvalue weighted by Crippen LogP contribution is 2.30. The van der Waals surface area contributed by atoms with Crippen molar-refractivity contribution in [3.05, 3.63) is 59.7 Å². The Morgan fingerprint density at radius 2 is 1.76 bits per heavy atom. The molecule has 4 N–H and O–H groups in total. The lowest BCUT2D eigenvalue weighted by atomic mass is 10.1. The number of hydrogen-bond donors (Lipinski definition) is 3. The summed E-state index contributed by atoms with van der Waals surface area (Å²) in [7, 11) is 0. The van der Waals surface area contributed by atoms with Crippen LogP contribution < -0.4 is 25.8 Å². The number of fused-ring (bicyclic) bond motifs is 1. The fourth-order valence-corrected chi connectivity index (χ4v) is 2.44. The van der Waals surface area contributed by atoms with Crippen LogP contribution in [0.25, 0.3) is 0 Å². The molecule has 25 heavy (non-hydrogen) atoms. The van der Waals surface area contributed by atoms with Gasteiger partial charge in [0.1, 0.15) is 12.7 Å². The Hall–Kier alpha value is -3.22. The molecule has 3 rings (SSSR count). The van der Waals surface area contributed by atoms with Gasteiger partial charge in [0, 0.05) is 12.1 Å². The molecule has 3 amide bonds. The van der Waals surface area contributed by atoms with E-state index in [2.05, 4.69) is 10.6 Å². The zero-order chi connectivity index (χ0) is 17.6. The summed E-state index contributed by atoms with van der Waals surface area (Å²) < 4.78 is 11.4. The van der Waals surface area contributed by atoms with Gasteiger partial charge in [-0.3, -0.25) is 4.79 Å². The lowest BCUT2D eigenvalue weighted by molar-refractivity contribution is 0.0789. The lowest BCUT2D eigenvalue weighted by Gasteiger charge is -2.26. The van der Waals surface area contributed by atoms with Crippen LogP contribution in [0.15, 0.2) is 48.5 Å². The van der Waals surface area contributed by atoms with E-state index in [0.29, 0.717) is 36.8 Å². The van der Waals surface area contributed by atoms with Gasteiger partial charge in [-0.25, -0.2) is 4.79 Å². The Labute approximate surface area is 145 Å². The Bertz CT molecular complexity index is 761. The van der Waals surface area contributed by atoms with Gasteiger partial charge in [-0.05, 0) is 29.8 Å². The number of hydrogen-bond acceptors (Lipinski definition) is 4. The number of ether oxygens (including phenoxy) is 2. The smallest absolute Gasteiger partial charge is 0.312 e. The first-order chi connectivity index (χ1) is 12.1. The highest BCUT2D eigenvalue weighted by atomic mass is 16.6. The first-order valence-corrected chi connectivity index (χ1v) is 7.91. The standard InChI is InChI=1S/C18H19N3O4/c19-18(23)21-9-12-5-7-13(8-6-12)17(22)20-10-14-11-24-15-3-1-2-4-16(15)25-14/h1-8,14H,9-11H2,(H,20,22)(H3,19,21,23)/t14-/m0/s1. The van der Waals surface area contributed by atoms with Crippen molar-refractivity contribution in [1.29, 1.82) is 0 Å². The second-order valence-corrected chi connectivity index (χ2v) is 5.62. The predicted octanol–water partition coefficient (Wildman–Crippen LogP) is 1.42. The van der Waals surface area contributed by atoms with Crippen molar-refractivity contribution in [1.82, 2.24) is 10.6 Å². The van der Waals surface area contributed by atoms with Crippen LogP contribution in [-0.4, -0.2) is 31.2 Å². The van der Waals surface area contributed by atoms with E-state index < -0.39 is 6.03 Å². The van der Waals surface area contributed by atoms with Crippen molar-refractivity contribution in [3.63, 3.8) is 0 Å². The first-order valence-electron chi connectivity index (χ1n) is 7.91. The molecule has 0 aliphatic carbocycles. The van der Waals surface area contributed by atoms with Crippen LogP contribution in [-0.2, 0) is 6.54 Å². The highest BCUT2D eigenvalue weighted by molar-refractivity contribution is 5.94. The normalized spacial score (nSPS) is 15.3. The summed E-state index contributed by atoms with van der Waals surface area (Å²) in [6.07, 6.45) is -0.238. The molecule has 2 aromatic rings. The summed E-state index contributed by atoms with van der Waals surface area (Å²) in [6.45, 7) is 1.05. The van der Waals surface area contributed by atoms with Crippen LogP contribution in [0.1, 0.15) is 15.9 Å². The molecule has 0 saturated carbocycles. The maximum Gasteiger partial charge on any atom is 0.312 e. The number of urea groups is 1. The van der Waals surface area contributed by atoms with E-state index in [1.54, 1.807) is 24.3 Å². The molecular formula is C18H19N3O4. The third-order valence-corrected chi connectivity index (χ3v) is 3.74. The van der Waals surface area contributed by atoms with Gasteiger partial charge in [0.15, 0.2) is 11.5 Å². The number of nitrogens with two attached hydrogens (primary N) is 1. The van der Waals surface area contributed by atoms with Gasteiger partial charge < -0.3 is 25.8 Å². The summed E-state index contributed by atoms with van der Waals surface area (Å²) in [6, 6.07) is 13.8. The number of rotatable bonds is 5. The van der Waals surface area contributed by atoms with Crippen molar-refractivity contribution >= 4 is 11.9 Å². The van der Waals surface area contributed by atoms with Crippen LogP contribution in [0.3, 0.4) is 0 Å². The average Bonchev–Trinajstić information content (AvgIpc) is 2.64. The van der Waals surface area contributed by atoms with Gasteiger partial charge in [-0.15, -0.1) is 0 Å². The molecule has 0 unspecified atom stereocenters. The van der Waals surface area contributed by atoms with Gasteiger partial charge in [-0.1, -0.05) is 24.3 Å². The van der Waals surface area contributed by atoms with E-state index >= 15 is 0 Å². The monoisotopic (exact) mass is 341 g/mol. The molecule has 1 aliphatic heterocycles. The van der Waals surface area contributed by atoms with E-state index in [1.165, 1.54) is 0 Å². The Kier molecular flexibility index (Phi) is 5.03. The third-order valence-electron chi connectivity index (χ3n) is 3.74. The predicted molar refractivity (Wildman–Crippen MR) is 91.6 cm³/mol. The summed E-state index contributed by atoms with van der Waals surface area (Å²) >= 11 is 0. The molecule has 130 valence electrons. The van der Waals surface area contributed by atoms with Crippen LogP contribution in [0.4, 0.5) is 4.79 Å². The maximum absolute atomic E-state index is 12.2. The van der Waals surface area contributed by atoms with E-state index in [-0.39, 0.29) is 12.0 Å². The molecular weight excluding hydrogens is 322 g/mol. The Balaban J connectivity index is 1.50. The van der Waals surface area contributed by atoms with Crippen molar-refractivity contribution in [2.45, 2.75) is 12.6 Å². The molecule has 1 atom stereocenters. The fraction of sp³-hybridized carbons (Fsp3) is 0.222. The minimum absolute atomic E-state index is 0.197. The summed E-state index contributed by atoms with van der Waals surface area (Å²) in [4.78, 5) is 22.9. The lowest BCUT2D eigenvalue weighted by Crippen LogP contribution is -2.40. The van der Waals surface area contributed by atoms with Crippen molar-refractivity contribution in [2.24, 2.45) is 5.73 Å².